The van der Waals surface area contributed by atoms with E-state index >= 15 is 0 Å². The molecular formula is C16H17NO4. The normalized spacial score (nSPS) is 11.7. The molecule has 1 amide bonds. The number of ether oxygens (including phenoxy) is 1. The van der Waals surface area contributed by atoms with E-state index in [0.717, 1.165) is 5.56 Å². The summed E-state index contributed by atoms with van der Waals surface area (Å²) < 4.78 is 5.63. The maximum atomic E-state index is 10.4. The zero-order chi connectivity index (χ0) is 15.1. The van der Waals surface area contributed by atoms with Gasteiger partial charge in [-0.15, -0.1) is 0 Å². The molecule has 0 spiro atoms. The molecule has 5 heteroatoms. The highest BCUT2D eigenvalue weighted by Gasteiger charge is 2.08. The Hall–Kier alpha value is -2.53. The number of aliphatic hydroxyl groups excluding tert-OH is 1. The summed E-state index contributed by atoms with van der Waals surface area (Å²) in [6, 6.07) is 16.8. The molecule has 0 radical (unpaired) electrons. The third-order valence-electron chi connectivity index (χ3n) is 2.96. The van der Waals surface area contributed by atoms with E-state index in [-0.39, 0.29) is 6.54 Å². The van der Waals surface area contributed by atoms with Gasteiger partial charge in [0.25, 0.3) is 0 Å². The summed E-state index contributed by atoms with van der Waals surface area (Å²) in [5.41, 5.74) is 1.71. The van der Waals surface area contributed by atoms with Gasteiger partial charge in [0.15, 0.2) is 0 Å². The molecule has 0 heterocycles. The summed E-state index contributed by atoms with van der Waals surface area (Å²) in [5, 5.41) is 20.4. The zero-order valence-corrected chi connectivity index (χ0v) is 11.4. The van der Waals surface area contributed by atoms with Gasteiger partial charge in [-0.05, 0) is 23.3 Å². The molecule has 0 aliphatic rings. The van der Waals surface area contributed by atoms with Crippen LogP contribution in [-0.2, 0) is 6.61 Å². The first-order valence-electron chi connectivity index (χ1n) is 6.56. The second-order valence-corrected chi connectivity index (χ2v) is 4.55. The molecule has 0 fully saturated rings. The van der Waals surface area contributed by atoms with Crippen molar-refractivity contribution in [3.05, 3.63) is 65.7 Å². The van der Waals surface area contributed by atoms with Gasteiger partial charge in [-0.1, -0.05) is 42.5 Å². The molecule has 5 nitrogen and oxygen atoms in total. The second kappa shape index (κ2) is 7.31. The maximum Gasteiger partial charge on any atom is 0.404 e. The van der Waals surface area contributed by atoms with E-state index in [1.807, 2.05) is 30.3 Å². The van der Waals surface area contributed by atoms with Gasteiger partial charge in [-0.2, -0.15) is 0 Å². The molecule has 0 saturated heterocycles. The molecule has 0 saturated carbocycles. The van der Waals surface area contributed by atoms with Gasteiger partial charge in [0.2, 0.25) is 0 Å². The van der Waals surface area contributed by atoms with Crippen LogP contribution in [0.5, 0.6) is 5.75 Å². The molecule has 0 aliphatic heterocycles. The van der Waals surface area contributed by atoms with Crippen molar-refractivity contribution < 1.29 is 19.7 Å². The van der Waals surface area contributed by atoms with Crippen molar-refractivity contribution in [1.29, 1.82) is 0 Å². The first-order valence-corrected chi connectivity index (χ1v) is 6.56. The number of carboxylic acid groups (broad SMARTS) is 1. The summed E-state index contributed by atoms with van der Waals surface area (Å²) >= 11 is 0. The number of hydrogen-bond acceptors (Lipinski definition) is 3. The minimum Gasteiger partial charge on any atom is -0.489 e. The van der Waals surface area contributed by atoms with Gasteiger partial charge in [-0.3, -0.25) is 0 Å². The number of amides is 1. The van der Waals surface area contributed by atoms with E-state index in [1.165, 1.54) is 0 Å². The van der Waals surface area contributed by atoms with Crippen LogP contribution in [0.25, 0.3) is 0 Å². The molecule has 21 heavy (non-hydrogen) atoms. The highest BCUT2D eigenvalue weighted by atomic mass is 16.5. The van der Waals surface area contributed by atoms with Crippen molar-refractivity contribution in [2.24, 2.45) is 0 Å². The number of nitrogens with one attached hydrogen (secondary N) is 1. The quantitative estimate of drug-likeness (QED) is 0.763. The molecule has 0 aliphatic carbocycles. The fourth-order valence-corrected chi connectivity index (χ4v) is 1.83. The lowest BCUT2D eigenvalue weighted by Crippen LogP contribution is -2.26. The Kier molecular flexibility index (Phi) is 5.17. The number of aliphatic hydroxyl groups is 1. The average Bonchev–Trinajstić information content (AvgIpc) is 2.52. The lowest BCUT2D eigenvalue weighted by Gasteiger charge is -2.12. The molecule has 3 N–H and O–H groups in total. The van der Waals surface area contributed by atoms with Crippen molar-refractivity contribution >= 4 is 6.09 Å². The molecule has 0 unspecified atom stereocenters. The number of benzene rings is 2. The fourth-order valence-electron chi connectivity index (χ4n) is 1.83. The third-order valence-corrected chi connectivity index (χ3v) is 2.96. The van der Waals surface area contributed by atoms with E-state index in [0.29, 0.717) is 17.9 Å². The second-order valence-electron chi connectivity index (χ2n) is 4.55. The van der Waals surface area contributed by atoms with Crippen LogP contribution in [0, 0.1) is 0 Å². The van der Waals surface area contributed by atoms with Crippen LogP contribution in [0.2, 0.25) is 0 Å². The first-order chi connectivity index (χ1) is 10.1. The van der Waals surface area contributed by atoms with E-state index in [2.05, 4.69) is 5.32 Å². The lowest BCUT2D eigenvalue weighted by molar-refractivity contribution is 0.159. The van der Waals surface area contributed by atoms with E-state index in [4.69, 9.17) is 9.84 Å². The molecular weight excluding hydrogens is 270 g/mol. The molecule has 110 valence electrons. The maximum absolute atomic E-state index is 10.4. The molecule has 2 rings (SSSR count). The topological polar surface area (TPSA) is 78.8 Å². The van der Waals surface area contributed by atoms with Gasteiger partial charge in [0, 0.05) is 0 Å². The highest BCUT2D eigenvalue weighted by molar-refractivity contribution is 5.64. The summed E-state index contributed by atoms with van der Waals surface area (Å²) in [6.07, 6.45) is -2.03. The van der Waals surface area contributed by atoms with Crippen LogP contribution in [0.3, 0.4) is 0 Å². The predicted molar refractivity (Wildman–Crippen MR) is 78.2 cm³/mol. The summed E-state index contributed by atoms with van der Waals surface area (Å²) in [7, 11) is 0. The molecule has 1 atom stereocenters. The van der Waals surface area contributed by atoms with Crippen molar-refractivity contribution in [3.8, 4) is 5.75 Å². The third kappa shape index (κ3) is 4.81. The first kappa shape index (κ1) is 14.9. The molecule has 0 aromatic heterocycles. The van der Waals surface area contributed by atoms with Crippen LogP contribution in [0.4, 0.5) is 4.79 Å². The van der Waals surface area contributed by atoms with Crippen molar-refractivity contribution in [1.82, 2.24) is 5.32 Å². The van der Waals surface area contributed by atoms with Crippen LogP contribution < -0.4 is 10.1 Å². The van der Waals surface area contributed by atoms with Crippen LogP contribution >= 0.6 is 0 Å². The van der Waals surface area contributed by atoms with Gasteiger partial charge < -0.3 is 20.3 Å². The standard InChI is InChI=1S/C16H17NO4/c18-15(10-17-16(19)20)13-6-8-14(9-7-13)21-11-12-4-2-1-3-5-12/h1-9,15,17-18H,10-11H2,(H,19,20)/t15-/m0/s1. The number of hydrogen-bond donors (Lipinski definition) is 3. The average molecular weight is 287 g/mol. The molecule has 2 aromatic carbocycles. The predicted octanol–water partition coefficient (Wildman–Crippen LogP) is 2.57. The van der Waals surface area contributed by atoms with Crippen LogP contribution in [0.15, 0.2) is 54.6 Å². The van der Waals surface area contributed by atoms with Gasteiger partial charge >= 0.3 is 6.09 Å². The summed E-state index contributed by atoms with van der Waals surface area (Å²) in [5.74, 6) is 0.695. The minimum absolute atomic E-state index is 0.0421. The van der Waals surface area contributed by atoms with Crippen LogP contribution in [0.1, 0.15) is 17.2 Å². The Morgan fingerprint density at radius 2 is 1.76 bits per heavy atom. The molecule has 2 aromatic rings. The number of rotatable bonds is 6. The lowest BCUT2D eigenvalue weighted by atomic mass is 10.1. The fraction of sp³-hybridized carbons (Fsp3) is 0.188. The largest absolute Gasteiger partial charge is 0.489 e. The summed E-state index contributed by atoms with van der Waals surface area (Å²) in [6.45, 7) is 0.433. The van der Waals surface area contributed by atoms with Crippen LogP contribution in [-0.4, -0.2) is 22.9 Å². The monoisotopic (exact) mass is 287 g/mol. The van der Waals surface area contributed by atoms with Gasteiger partial charge in [0.1, 0.15) is 12.4 Å². The van der Waals surface area contributed by atoms with E-state index in [1.54, 1.807) is 24.3 Å². The minimum atomic E-state index is -1.16. The highest BCUT2D eigenvalue weighted by Crippen LogP contribution is 2.18. The molecule has 0 bridgehead atoms. The van der Waals surface area contributed by atoms with Gasteiger partial charge in [0.05, 0.1) is 12.6 Å². The zero-order valence-electron chi connectivity index (χ0n) is 11.4. The van der Waals surface area contributed by atoms with Crippen molar-refractivity contribution in [2.45, 2.75) is 12.7 Å². The van der Waals surface area contributed by atoms with Crippen molar-refractivity contribution in [2.75, 3.05) is 6.54 Å². The Balaban J connectivity index is 1.88. The Morgan fingerprint density at radius 1 is 1.10 bits per heavy atom. The van der Waals surface area contributed by atoms with Crippen molar-refractivity contribution in [3.63, 3.8) is 0 Å². The smallest absolute Gasteiger partial charge is 0.404 e. The van der Waals surface area contributed by atoms with E-state index < -0.39 is 12.2 Å². The Morgan fingerprint density at radius 3 is 2.38 bits per heavy atom. The summed E-state index contributed by atoms with van der Waals surface area (Å²) in [4.78, 5) is 10.4. The Bertz CT molecular complexity index is 569. The Labute approximate surface area is 122 Å². The SMILES string of the molecule is O=C(O)NC[C@H](O)c1ccc(OCc2ccccc2)cc1. The number of carbonyl (C=O) groups is 1. The van der Waals surface area contributed by atoms with Gasteiger partial charge in [-0.25, -0.2) is 4.79 Å². The van der Waals surface area contributed by atoms with E-state index in [9.17, 15) is 9.90 Å².